The van der Waals surface area contributed by atoms with Crippen molar-refractivity contribution < 1.29 is 4.79 Å². The summed E-state index contributed by atoms with van der Waals surface area (Å²) in [5.74, 6) is 0.977. The summed E-state index contributed by atoms with van der Waals surface area (Å²) in [6.45, 7) is 11.4. The van der Waals surface area contributed by atoms with Gasteiger partial charge in [-0.15, -0.1) is 0 Å². The van der Waals surface area contributed by atoms with Crippen LogP contribution < -0.4 is 5.32 Å². The Morgan fingerprint density at radius 3 is 2.65 bits per heavy atom. The van der Waals surface area contributed by atoms with Crippen molar-refractivity contribution in [1.82, 2.24) is 5.32 Å². The van der Waals surface area contributed by atoms with Gasteiger partial charge in [-0.05, 0) is 44.4 Å². The molecular weight excluding hydrogens is 210 g/mol. The van der Waals surface area contributed by atoms with E-state index < -0.39 is 0 Å². The summed E-state index contributed by atoms with van der Waals surface area (Å²) in [5, 5.41) is 3.04. The first-order valence-corrected chi connectivity index (χ1v) is 6.76. The Morgan fingerprint density at radius 2 is 2.12 bits per heavy atom. The quantitative estimate of drug-likeness (QED) is 0.703. The zero-order valence-corrected chi connectivity index (χ0v) is 12.0. The van der Waals surface area contributed by atoms with E-state index in [2.05, 4.69) is 32.2 Å². The average molecular weight is 237 g/mol. The Balaban J connectivity index is 2.22. The van der Waals surface area contributed by atoms with E-state index in [1.165, 1.54) is 24.8 Å². The lowest BCUT2D eigenvalue weighted by molar-refractivity contribution is -0.124. The van der Waals surface area contributed by atoms with E-state index in [9.17, 15) is 4.79 Å². The van der Waals surface area contributed by atoms with Crippen LogP contribution in [-0.4, -0.2) is 12.5 Å². The predicted molar refractivity (Wildman–Crippen MR) is 72.7 cm³/mol. The van der Waals surface area contributed by atoms with E-state index in [4.69, 9.17) is 0 Å². The molecule has 17 heavy (non-hydrogen) atoms. The molecule has 0 saturated heterocycles. The van der Waals surface area contributed by atoms with Gasteiger partial charge in [-0.25, -0.2) is 0 Å². The van der Waals surface area contributed by atoms with E-state index >= 15 is 0 Å². The molecule has 0 heterocycles. The van der Waals surface area contributed by atoms with E-state index in [1.807, 2.05) is 13.8 Å². The van der Waals surface area contributed by atoms with Crippen LogP contribution in [0.3, 0.4) is 0 Å². The van der Waals surface area contributed by atoms with Crippen LogP contribution in [-0.2, 0) is 4.79 Å². The van der Waals surface area contributed by atoms with Gasteiger partial charge >= 0.3 is 0 Å². The summed E-state index contributed by atoms with van der Waals surface area (Å²) in [6, 6.07) is 0. The minimum absolute atomic E-state index is 0.102. The van der Waals surface area contributed by atoms with Gasteiger partial charge in [0.05, 0.1) is 0 Å². The predicted octanol–water partition coefficient (Wildman–Crippen LogP) is 3.53. The first-order chi connectivity index (χ1) is 7.85. The van der Waals surface area contributed by atoms with Gasteiger partial charge in [0.25, 0.3) is 0 Å². The maximum absolute atomic E-state index is 11.5. The zero-order valence-electron chi connectivity index (χ0n) is 12.0. The number of amides is 1. The fraction of sp³-hybridized carbons (Fsp3) is 0.800. The fourth-order valence-corrected chi connectivity index (χ4v) is 2.25. The molecule has 0 aromatic carbocycles. The van der Waals surface area contributed by atoms with E-state index in [0.29, 0.717) is 11.3 Å². The molecule has 1 saturated carbocycles. The van der Waals surface area contributed by atoms with Gasteiger partial charge in [-0.1, -0.05) is 32.4 Å². The Labute approximate surface area is 106 Å². The lowest BCUT2D eigenvalue weighted by Gasteiger charge is -2.11. The molecule has 1 rings (SSSR count). The zero-order chi connectivity index (χ0) is 13.1. The number of carbonyl (C=O) groups excluding carboxylic acids is 1. The summed E-state index contributed by atoms with van der Waals surface area (Å²) in [7, 11) is 0. The van der Waals surface area contributed by atoms with Crippen molar-refractivity contribution in [2.45, 2.75) is 53.9 Å². The van der Waals surface area contributed by atoms with Crippen LogP contribution in [0.15, 0.2) is 11.6 Å². The van der Waals surface area contributed by atoms with Crippen LogP contribution in [0.4, 0.5) is 0 Å². The summed E-state index contributed by atoms with van der Waals surface area (Å²) < 4.78 is 0. The van der Waals surface area contributed by atoms with Crippen LogP contribution in [0, 0.1) is 17.3 Å². The minimum atomic E-state index is 0.102. The molecule has 0 aliphatic heterocycles. The molecule has 2 atom stereocenters. The highest BCUT2D eigenvalue weighted by Crippen LogP contribution is 2.55. The largest absolute Gasteiger partial charge is 0.356 e. The van der Waals surface area contributed by atoms with Gasteiger partial charge in [0, 0.05) is 12.5 Å². The highest BCUT2D eigenvalue weighted by Gasteiger charge is 2.48. The highest BCUT2D eigenvalue weighted by molar-refractivity contribution is 5.77. The molecule has 1 fully saturated rings. The molecular formula is C15H27NO. The van der Waals surface area contributed by atoms with Gasteiger partial charge in [0.1, 0.15) is 0 Å². The third kappa shape index (κ3) is 4.53. The van der Waals surface area contributed by atoms with E-state index in [1.54, 1.807) is 0 Å². The minimum Gasteiger partial charge on any atom is -0.356 e. The van der Waals surface area contributed by atoms with Crippen molar-refractivity contribution in [3.63, 3.8) is 0 Å². The van der Waals surface area contributed by atoms with Crippen molar-refractivity contribution in [3.8, 4) is 0 Å². The number of hydrogen-bond acceptors (Lipinski definition) is 1. The van der Waals surface area contributed by atoms with Gasteiger partial charge in [-0.2, -0.15) is 0 Å². The molecule has 1 amide bonds. The van der Waals surface area contributed by atoms with Crippen molar-refractivity contribution >= 4 is 5.91 Å². The van der Waals surface area contributed by atoms with Crippen molar-refractivity contribution in [1.29, 1.82) is 0 Å². The number of hydrogen-bond donors (Lipinski definition) is 1. The molecule has 2 nitrogen and oxygen atoms in total. The number of rotatable bonds is 6. The third-order valence-corrected chi connectivity index (χ3v) is 3.85. The molecule has 1 N–H and O–H groups in total. The molecule has 0 aromatic heterocycles. The van der Waals surface area contributed by atoms with Crippen LogP contribution in [0.1, 0.15) is 53.9 Å². The smallest absolute Gasteiger partial charge is 0.222 e. The van der Waals surface area contributed by atoms with Crippen LogP contribution in [0.2, 0.25) is 0 Å². The van der Waals surface area contributed by atoms with Gasteiger partial charge < -0.3 is 5.32 Å². The molecule has 98 valence electrons. The van der Waals surface area contributed by atoms with Gasteiger partial charge in [0.15, 0.2) is 0 Å². The average Bonchev–Trinajstić information content (AvgIpc) is 2.85. The molecule has 0 aromatic rings. The summed E-state index contributed by atoms with van der Waals surface area (Å²) in [5.41, 5.74) is 1.87. The van der Waals surface area contributed by atoms with Crippen LogP contribution >= 0.6 is 0 Å². The molecule has 1 aliphatic carbocycles. The third-order valence-electron chi connectivity index (χ3n) is 3.85. The molecule has 0 radical (unpaired) electrons. The van der Waals surface area contributed by atoms with Crippen molar-refractivity contribution in [2.24, 2.45) is 17.3 Å². The topological polar surface area (TPSA) is 29.1 Å². The Hall–Kier alpha value is -0.790. The van der Waals surface area contributed by atoms with Crippen LogP contribution in [0.5, 0.6) is 0 Å². The Bertz CT molecular complexity index is 302. The van der Waals surface area contributed by atoms with E-state index in [-0.39, 0.29) is 11.8 Å². The lowest BCUT2D eigenvalue weighted by atomic mass is 9.99. The molecule has 0 spiro atoms. The molecule has 2 unspecified atom stereocenters. The highest BCUT2D eigenvalue weighted by atomic mass is 16.1. The van der Waals surface area contributed by atoms with Crippen LogP contribution in [0.25, 0.3) is 0 Å². The fourth-order valence-electron chi connectivity index (χ4n) is 2.25. The van der Waals surface area contributed by atoms with Gasteiger partial charge in [-0.3, -0.25) is 4.79 Å². The maximum atomic E-state index is 11.5. The summed E-state index contributed by atoms with van der Waals surface area (Å²) in [4.78, 5) is 11.5. The second kappa shape index (κ2) is 5.70. The molecule has 0 bridgehead atoms. The number of carbonyl (C=O) groups is 1. The standard InChI is InChI=1S/C15H27NO/c1-11(2)7-6-8-15(5)9-13(15)10-16-14(17)12(3)4/h7,12-13H,6,8-10H2,1-5H3,(H,16,17). The van der Waals surface area contributed by atoms with E-state index in [0.717, 1.165) is 6.54 Å². The summed E-state index contributed by atoms with van der Waals surface area (Å²) >= 11 is 0. The second-order valence-corrected chi connectivity index (χ2v) is 6.28. The molecule has 2 heteroatoms. The van der Waals surface area contributed by atoms with Crippen molar-refractivity contribution in [3.05, 3.63) is 11.6 Å². The lowest BCUT2D eigenvalue weighted by Crippen LogP contribution is -2.30. The SMILES string of the molecule is CC(C)=CCCC1(C)CC1CNC(=O)C(C)C. The summed E-state index contributed by atoms with van der Waals surface area (Å²) in [6.07, 6.45) is 6.00. The first kappa shape index (κ1) is 14.3. The number of allylic oxidation sites excluding steroid dienone is 2. The molecule has 1 aliphatic rings. The first-order valence-electron chi connectivity index (χ1n) is 6.76. The monoisotopic (exact) mass is 237 g/mol. The Morgan fingerprint density at radius 1 is 1.47 bits per heavy atom. The second-order valence-electron chi connectivity index (χ2n) is 6.28. The Kier molecular flexibility index (Phi) is 4.79. The van der Waals surface area contributed by atoms with Gasteiger partial charge in [0.2, 0.25) is 5.91 Å². The van der Waals surface area contributed by atoms with Crippen molar-refractivity contribution in [2.75, 3.05) is 6.54 Å². The normalized spacial score (nSPS) is 26.8. The number of nitrogens with one attached hydrogen (secondary N) is 1. The maximum Gasteiger partial charge on any atom is 0.222 e.